The molecule has 8 aromatic rings. The number of benzene rings is 6. The first-order chi connectivity index (χ1) is 24.8. The predicted octanol–water partition coefficient (Wildman–Crippen LogP) is 9.52. The topological polar surface area (TPSA) is 45.9 Å². The van der Waals surface area contributed by atoms with Crippen LogP contribution in [0.1, 0.15) is 17.2 Å². The number of rotatable bonds is 5. The van der Waals surface area contributed by atoms with E-state index in [1.807, 2.05) is 0 Å². The fourth-order valence-electron chi connectivity index (χ4n) is 7.97. The number of fused-ring (bicyclic) bond motifs is 7. The largest absolute Gasteiger partial charge is 0.367 e. The van der Waals surface area contributed by atoms with E-state index in [1.165, 1.54) is 54.7 Å². The van der Waals surface area contributed by atoms with E-state index in [2.05, 4.69) is 201 Å². The molecule has 2 aliphatic rings. The molecule has 2 aliphatic heterocycles. The lowest BCUT2D eigenvalue weighted by Crippen LogP contribution is -2.57. The molecule has 0 radical (unpaired) electrons. The lowest BCUT2D eigenvalue weighted by molar-refractivity contribution is 0.376. The summed E-state index contributed by atoms with van der Waals surface area (Å²) in [6, 6.07) is 54.2. The summed E-state index contributed by atoms with van der Waals surface area (Å²) in [5, 5.41) is 16.7. The summed E-state index contributed by atoms with van der Waals surface area (Å²) in [5.74, 6) is 1.04. The maximum Gasteiger partial charge on any atom is 0.111 e. The standard InChI is InChI=1S/C45H35N5/c1-4-15-30(16-5-1)38-29-39(31-17-6-2-7-18-31)48-45(47-38)37-23-14-26-42(46-37)50-41-25-13-11-22-34(41)36-28-27-35-33-21-10-12-24-40(33)49(43(35)44(36)50)32-19-8-3-9-20-32/h1-29,37-38,45-48H. The first kappa shape index (κ1) is 28.7. The van der Waals surface area contributed by atoms with Gasteiger partial charge in [-0.25, -0.2) is 0 Å². The molecule has 0 bridgehead atoms. The van der Waals surface area contributed by atoms with E-state index in [4.69, 9.17) is 0 Å². The molecule has 5 heteroatoms. The normalized spacial score (nSPS) is 19.0. The van der Waals surface area contributed by atoms with Crippen LogP contribution in [0.25, 0.3) is 60.8 Å². The van der Waals surface area contributed by atoms with Crippen molar-refractivity contribution < 1.29 is 0 Å². The lowest BCUT2D eigenvalue weighted by atomic mass is 9.98. The van der Waals surface area contributed by atoms with Crippen molar-refractivity contribution in [1.82, 2.24) is 25.1 Å². The van der Waals surface area contributed by atoms with Crippen LogP contribution in [0.15, 0.2) is 176 Å². The Morgan fingerprint density at radius 2 is 1.08 bits per heavy atom. The van der Waals surface area contributed by atoms with Gasteiger partial charge in [0.05, 0.1) is 34.2 Å². The van der Waals surface area contributed by atoms with Gasteiger partial charge in [-0.2, -0.15) is 0 Å². The van der Waals surface area contributed by atoms with E-state index in [0.29, 0.717) is 0 Å². The molecule has 3 atom stereocenters. The summed E-state index contributed by atoms with van der Waals surface area (Å²) in [4.78, 5) is 0. The van der Waals surface area contributed by atoms with Gasteiger partial charge in [0.1, 0.15) is 12.0 Å². The van der Waals surface area contributed by atoms with Crippen LogP contribution in [0.2, 0.25) is 0 Å². The lowest BCUT2D eigenvalue weighted by Gasteiger charge is -2.38. The molecule has 2 aromatic heterocycles. The number of para-hydroxylation sites is 3. The Bertz CT molecular complexity index is 2630. The third-order valence-corrected chi connectivity index (χ3v) is 10.2. The number of aromatic nitrogens is 2. The van der Waals surface area contributed by atoms with E-state index < -0.39 is 0 Å². The van der Waals surface area contributed by atoms with Crippen molar-refractivity contribution in [2.24, 2.45) is 0 Å². The van der Waals surface area contributed by atoms with E-state index >= 15 is 0 Å². The average Bonchev–Trinajstić information content (AvgIpc) is 3.72. The molecule has 0 amide bonds. The van der Waals surface area contributed by atoms with Gasteiger partial charge in [0, 0.05) is 32.9 Å². The Balaban J connectivity index is 1.14. The van der Waals surface area contributed by atoms with Crippen molar-refractivity contribution in [1.29, 1.82) is 0 Å². The zero-order chi connectivity index (χ0) is 33.0. The molecule has 3 N–H and O–H groups in total. The Hall–Kier alpha value is -6.30. The van der Waals surface area contributed by atoms with Gasteiger partial charge in [0.25, 0.3) is 0 Å². The minimum Gasteiger partial charge on any atom is -0.367 e. The van der Waals surface area contributed by atoms with Gasteiger partial charge in [-0.3, -0.25) is 9.88 Å². The molecular formula is C45H35N5. The average molecular weight is 646 g/mol. The fourth-order valence-corrected chi connectivity index (χ4v) is 7.97. The van der Waals surface area contributed by atoms with Gasteiger partial charge >= 0.3 is 0 Å². The van der Waals surface area contributed by atoms with Gasteiger partial charge < -0.3 is 15.2 Å². The van der Waals surface area contributed by atoms with E-state index in [1.54, 1.807) is 0 Å². The Morgan fingerprint density at radius 1 is 0.500 bits per heavy atom. The monoisotopic (exact) mass is 645 g/mol. The molecule has 0 spiro atoms. The molecule has 0 aliphatic carbocycles. The maximum absolute atomic E-state index is 3.99. The highest BCUT2D eigenvalue weighted by molar-refractivity contribution is 6.24. The van der Waals surface area contributed by atoms with Gasteiger partial charge in [0.15, 0.2) is 0 Å². The second kappa shape index (κ2) is 11.7. The molecule has 0 saturated heterocycles. The first-order valence-electron chi connectivity index (χ1n) is 17.3. The highest BCUT2D eigenvalue weighted by atomic mass is 15.3. The van der Waals surface area contributed by atoms with Crippen molar-refractivity contribution in [3.05, 3.63) is 187 Å². The number of hydrogen-bond acceptors (Lipinski definition) is 3. The second-order valence-corrected chi connectivity index (χ2v) is 13.1. The highest BCUT2D eigenvalue weighted by Gasteiger charge is 2.30. The summed E-state index contributed by atoms with van der Waals surface area (Å²) >= 11 is 0. The molecule has 3 unspecified atom stereocenters. The van der Waals surface area contributed by atoms with Crippen LogP contribution in [0.5, 0.6) is 0 Å². The quantitative estimate of drug-likeness (QED) is 0.175. The van der Waals surface area contributed by atoms with Crippen molar-refractivity contribution in [2.75, 3.05) is 0 Å². The molecule has 0 saturated carbocycles. The molecule has 4 heterocycles. The van der Waals surface area contributed by atoms with Crippen LogP contribution in [0, 0.1) is 0 Å². The van der Waals surface area contributed by atoms with Crippen LogP contribution < -0.4 is 16.0 Å². The maximum atomic E-state index is 3.99. The minimum absolute atomic E-state index is 0.0379. The van der Waals surface area contributed by atoms with Gasteiger partial charge in [-0.1, -0.05) is 140 Å². The second-order valence-electron chi connectivity index (χ2n) is 13.1. The smallest absolute Gasteiger partial charge is 0.111 e. The molecule has 0 fully saturated rings. The zero-order valence-electron chi connectivity index (χ0n) is 27.4. The summed E-state index contributed by atoms with van der Waals surface area (Å²) in [5.41, 5.74) is 9.44. The van der Waals surface area contributed by atoms with Crippen LogP contribution in [-0.4, -0.2) is 21.3 Å². The third-order valence-electron chi connectivity index (χ3n) is 10.2. The summed E-state index contributed by atoms with van der Waals surface area (Å²) in [6.45, 7) is 0. The number of hydrogen-bond donors (Lipinski definition) is 3. The van der Waals surface area contributed by atoms with Crippen molar-refractivity contribution >= 4 is 55.1 Å². The zero-order valence-corrected chi connectivity index (χ0v) is 27.4. The molecule has 6 aromatic carbocycles. The van der Waals surface area contributed by atoms with E-state index in [9.17, 15) is 0 Å². The van der Waals surface area contributed by atoms with Crippen molar-refractivity contribution in [3.8, 4) is 5.69 Å². The fraction of sp³-hybridized carbons (Fsp3) is 0.0667. The van der Waals surface area contributed by atoms with Gasteiger partial charge in [0.2, 0.25) is 0 Å². The van der Waals surface area contributed by atoms with Crippen LogP contribution in [-0.2, 0) is 0 Å². The Labute approximate surface area is 290 Å². The van der Waals surface area contributed by atoms with Gasteiger partial charge in [-0.15, -0.1) is 0 Å². The van der Waals surface area contributed by atoms with Crippen LogP contribution in [0.4, 0.5) is 0 Å². The van der Waals surface area contributed by atoms with Crippen molar-refractivity contribution in [3.63, 3.8) is 0 Å². The van der Waals surface area contributed by atoms with E-state index in [-0.39, 0.29) is 18.2 Å². The number of dihydropyridines is 1. The predicted molar refractivity (Wildman–Crippen MR) is 208 cm³/mol. The van der Waals surface area contributed by atoms with Gasteiger partial charge in [-0.05, 0) is 47.5 Å². The highest BCUT2D eigenvalue weighted by Crippen LogP contribution is 2.41. The number of nitrogens with one attached hydrogen (secondary N) is 3. The van der Waals surface area contributed by atoms with Crippen LogP contribution in [0.3, 0.4) is 0 Å². The summed E-state index contributed by atoms with van der Waals surface area (Å²) < 4.78 is 4.87. The summed E-state index contributed by atoms with van der Waals surface area (Å²) in [6.07, 6.45) is 8.89. The van der Waals surface area contributed by atoms with Crippen molar-refractivity contribution in [2.45, 2.75) is 18.2 Å². The summed E-state index contributed by atoms with van der Waals surface area (Å²) in [7, 11) is 0. The third kappa shape index (κ3) is 4.59. The Kier molecular flexibility index (Phi) is 6.71. The number of nitrogens with zero attached hydrogens (tertiary/aromatic N) is 2. The first-order valence-corrected chi connectivity index (χ1v) is 17.3. The molecule has 50 heavy (non-hydrogen) atoms. The molecule has 10 rings (SSSR count). The molecule has 5 nitrogen and oxygen atoms in total. The van der Waals surface area contributed by atoms with Crippen LogP contribution >= 0.6 is 0 Å². The molecular weight excluding hydrogens is 611 g/mol. The molecule has 240 valence electrons. The Morgan fingerprint density at radius 3 is 1.78 bits per heavy atom. The SMILES string of the molecule is C1=CC(C2NC(c3ccccc3)=CC(c3ccccc3)N2)NC(n2c3ccccc3c3ccc4c5ccccc5n(-c5ccccc5)c4c32)=C1. The van der Waals surface area contributed by atoms with E-state index in [0.717, 1.165) is 17.2 Å². The minimum atomic E-state index is -0.0794. The number of allylic oxidation sites excluding steroid dienone is 2.